The van der Waals surface area contributed by atoms with Crippen LogP contribution in [0.2, 0.25) is 0 Å². The van der Waals surface area contributed by atoms with E-state index >= 15 is 0 Å². The Balaban J connectivity index is 1.11. The summed E-state index contributed by atoms with van der Waals surface area (Å²) in [6.07, 6.45) is 4.77. The average Bonchev–Trinajstić information content (AvgIpc) is 3.91. The topological polar surface area (TPSA) is 19.6 Å². The van der Waals surface area contributed by atoms with Crippen LogP contribution in [-0.4, -0.2) is 6.71 Å². The van der Waals surface area contributed by atoms with Gasteiger partial charge in [-0.3, -0.25) is 0 Å². The highest BCUT2D eigenvalue weighted by molar-refractivity contribution is 6.99. The molecule has 1 fully saturated rings. The molecule has 1 saturated carbocycles. The van der Waals surface area contributed by atoms with Gasteiger partial charge >= 0.3 is 0 Å². The van der Waals surface area contributed by atoms with Crippen LogP contribution in [0.1, 0.15) is 142 Å². The number of benzene rings is 7. The molecule has 1 aromatic heterocycles. The largest absolute Gasteiger partial charge is 0.456 e. The van der Waals surface area contributed by atoms with Crippen LogP contribution in [0.3, 0.4) is 0 Å². The molecular weight excluding hydrogens is 812 g/mol. The van der Waals surface area contributed by atoms with Gasteiger partial charge in [-0.2, -0.15) is 0 Å². The third kappa shape index (κ3) is 7.07. The van der Waals surface area contributed by atoms with Gasteiger partial charge in [0.15, 0.2) is 0 Å². The lowest BCUT2D eigenvalue weighted by Gasteiger charge is -2.47. The van der Waals surface area contributed by atoms with Crippen molar-refractivity contribution < 1.29 is 4.42 Å². The minimum absolute atomic E-state index is 0.00424. The first-order valence-electron chi connectivity index (χ1n) is 24.9. The van der Waals surface area contributed by atoms with E-state index in [1.165, 1.54) is 90.4 Å². The van der Waals surface area contributed by atoms with E-state index in [9.17, 15) is 0 Å². The van der Waals surface area contributed by atoms with Crippen molar-refractivity contribution in [3.8, 4) is 0 Å². The lowest BCUT2D eigenvalue weighted by atomic mass is 9.29. The quantitative estimate of drug-likeness (QED) is 0.164. The van der Waals surface area contributed by atoms with Crippen LogP contribution in [0.25, 0.3) is 21.9 Å². The molecule has 0 unspecified atom stereocenters. The van der Waals surface area contributed by atoms with E-state index in [0.29, 0.717) is 0 Å². The molecule has 11 rings (SSSR count). The average molecular weight is 879 g/mol. The lowest BCUT2D eigenvalue weighted by Crippen LogP contribution is -2.64. The summed E-state index contributed by atoms with van der Waals surface area (Å²) >= 11 is 0. The van der Waals surface area contributed by atoms with E-state index in [1.54, 1.807) is 0 Å². The third-order valence-corrected chi connectivity index (χ3v) is 15.7. The molecule has 7 aromatic carbocycles. The molecule has 4 heteroatoms. The standard InChI is InChI=1S/C63H67BN2O/c1-59(2,3)40-18-25-44(26-19-40)65(45-27-20-41(21-28-45)60(4,5)6)47-31-32-48-49-38-51-52(39-57(49)67-56(48)37-47)64-53-36-43(62(10,11)12)24-33-54(53)66(46-29-22-42(23-30-46)61(7,8)9)55-17-15-16-50(58(55)64)63(51)34-13-14-35-63/h15-33,36-39H,13-14,34-35H2,1-12H3. The monoisotopic (exact) mass is 879 g/mol. The highest BCUT2D eigenvalue weighted by Crippen LogP contribution is 2.52. The summed E-state index contributed by atoms with van der Waals surface area (Å²) in [6.45, 7) is 27.7. The number of fused-ring (bicyclic) bond motifs is 9. The first kappa shape index (κ1) is 43.6. The number of hydrogen-bond acceptors (Lipinski definition) is 3. The van der Waals surface area contributed by atoms with Gasteiger partial charge in [-0.1, -0.05) is 162 Å². The van der Waals surface area contributed by atoms with Gasteiger partial charge in [-0.15, -0.1) is 0 Å². The Morgan fingerprint density at radius 1 is 0.463 bits per heavy atom. The molecule has 3 nitrogen and oxygen atoms in total. The summed E-state index contributed by atoms with van der Waals surface area (Å²) in [5.41, 5.74) is 21.8. The number of hydrogen-bond donors (Lipinski definition) is 0. The van der Waals surface area contributed by atoms with Crippen LogP contribution in [0.15, 0.2) is 144 Å². The Kier molecular flexibility index (Phi) is 9.76. The second-order valence-corrected chi connectivity index (χ2v) is 24.3. The SMILES string of the molecule is CC(C)(C)c1ccc(N(c2ccc(C(C)(C)C)cc2)c2ccc3c(c2)oc2cc4c(cc23)C2(CCCC2)c2cccc3c2B4c2cc(C(C)(C)C)ccc2N3c2ccc(C(C)(C)C)cc2)cc1. The van der Waals surface area contributed by atoms with E-state index in [0.717, 1.165) is 41.1 Å². The van der Waals surface area contributed by atoms with Crippen molar-refractivity contribution in [1.29, 1.82) is 0 Å². The third-order valence-electron chi connectivity index (χ3n) is 15.7. The first-order chi connectivity index (χ1) is 31.7. The molecule has 338 valence electrons. The Labute approximate surface area is 400 Å². The second-order valence-electron chi connectivity index (χ2n) is 24.3. The summed E-state index contributed by atoms with van der Waals surface area (Å²) in [5.74, 6) is 0. The molecule has 0 bridgehead atoms. The summed E-state index contributed by atoms with van der Waals surface area (Å²) in [5, 5.41) is 2.38. The Morgan fingerprint density at radius 3 is 1.55 bits per heavy atom. The van der Waals surface area contributed by atoms with Gasteiger partial charge in [-0.25, -0.2) is 0 Å². The number of nitrogens with zero attached hydrogens (tertiary/aromatic N) is 2. The molecule has 0 atom stereocenters. The molecule has 0 saturated heterocycles. The van der Waals surface area contributed by atoms with Crippen molar-refractivity contribution in [1.82, 2.24) is 0 Å². The summed E-state index contributed by atoms with van der Waals surface area (Å²) in [4.78, 5) is 4.95. The molecule has 0 N–H and O–H groups in total. The molecule has 8 aromatic rings. The minimum Gasteiger partial charge on any atom is -0.456 e. The summed E-state index contributed by atoms with van der Waals surface area (Å²) in [6, 6.07) is 54.0. The maximum absolute atomic E-state index is 7.15. The van der Waals surface area contributed by atoms with E-state index in [1.807, 2.05) is 0 Å². The Morgan fingerprint density at radius 2 is 0.985 bits per heavy atom. The molecule has 3 aliphatic rings. The molecule has 2 aliphatic heterocycles. The van der Waals surface area contributed by atoms with Gasteiger partial charge in [0.05, 0.1) is 0 Å². The van der Waals surface area contributed by atoms with Gasteiger partial charge in [0.1, 0.15) is 11.2 Å². The van der Waals surface area contributed by atoms with E-state index in [2.05, 4.69) is 232 Å². The predicted molar refractivity (Wildman–Crippen MR) is 288 cm³/mol. The summed E-state index contributed by atoms with van der Waals surface area (Å²) in [7, 11) is 0. The Bertz CT molecular complexity index is 3150. The summed E-state index contributed by atoms with van der Waals surface area (Å²) < 4.78 is 7.15. The number of anilines is 6. The molecule has 1 aliphatic carbocycles. The van der Waals surface area contributed by atoms with Crippen molar-refractivity contribution in [2.45, 2.75) is 136 Å². The van der Waals surface area contributed by atoms with Crippen molar-refractivity contribution in [2.24, 2.45) is 0 Å². The van der Waals surface area contributed by atoms with E-state index < -0.39 is 0 Å². The van der Waals surface area contributed by atoms with Crippen LogP contribution in [0.4, 0.5) is 34.1 Å². The number of rotatable bonds is 4. The van der Waals surface area contributed by atoms with Crippen LogP contribution in [0, 0.1) is 0 Å². The predicted octanol–water partition coefficient (Wildman–Crippen LogP) is 15.7. The zero-order valence-electron chi connectivity index (χ0n) is 42.0. The molecule has 0 amide bonds. The fourth-order valence-electron chi connectivity index (χ4n) is 11.9. The molecule has 1 spiro atoms. The smallest absolute Gasteiger partial charge is 0.247 e. The molecular formula is C63H67BN2O. The van der Waals surface area contributed by atoms with Crippen molar-refractivity contribution >= 4 is 79.2 Å². The van der Waals surface area contributed by atoms with Gasteiger partial charge in [0.2, 0.25) is 6.71 Å². The highest BCUT2D eigenvalue weighted by Gasteiger charge is 2.51. The van der Waals surface area contributed by atoms with Crippen LogP contribution in [-0.2, 0) is 27.1 Å². The van der Waals surface area contributed by atoms with E-state index in [-0.39, 0.29) is 33.8 Å². The van der Waals surface area contributed by atoms with Gasteiger partial charge in [0.25, 0.3) is 0 Å². The van der Waals surface area contributed by atoms with Crippen molar-refractivity contribution in [3.05, 3.63) is 173 Å². The first-order valence-corrected chi connectivity index (χ1v) is 24.9. The van der Waals surface area contributed by atoms with Crippen LogP contribution >= 0.6 is 0 Å². The van der Waals surface area contributed by atoms with Gasteiger partial charge in [0, 0.05) is 56.4 Å². The van der Waals surface area contributed by atoms with Gasteiger partial charge in [-0.05, 0) is 152 Å². The second kappa shape index (κ2) is 15.0. The highest BCUT2D eigenvalue weighted by atomic mass is 16.3. The maximum atomic E-state index is 7.15. The van der Waals surface area contributed by atoms with Crippen molar-refractivity contribution in [3.63, 3.8) is 0 Å². The maximum Gasteiger partial charge on any atom is 0.247 e. The molecule has 67 heavy (non-hydrogen) atoms. The van der Waals surface area contributed by atoms with Gasteiger partial charge < -0.3 is 14.2 Å². The van der Waals surface area contributed by atoms with Crippen LogP contribution < -0.4 is 26.2 Å². The van der Waals surface area contributed by atoms with Crippen LogP contribution in [0.5, 0.6) is 0 Å². The zero-order valence-corrected chi connectivity index (χ0v) is 42.0. The number of furan rings is 1. The molecule has 0 radical (unpaired) electrons. The van der Waals surface area contributed by atoms with Crippen molar-refractivity contribution in [2.75, 3.05) is 9.80 Å². The zero-order chi connectivity index (χ0) is 47.0. The fraction of sp³-hybridized carbons (Fsp3) is 0.333. The normalized spacial score (nSPS) is 15.6. The minimum atomic E-state index is -0.0644. The lowest BCUT2D eigenvalue weighted by molar-refractivity contribution is 0.539. The van der Waals surface area contributed by atoms with E-state index in [4.69, 9.17) is 4.42 Å². The fourth-order valence-corrected chi connectivity index (χ4v) is 11.9. The molecule has 3 heterocycles. The Hall–Kier alpha value is -6.00.